The summed E-state index contributed by atoms with van der Waals surface area (Å²) in [6.45, 7) is 5.09. The highest BCUT2D eigenvalue weighted by Gasteiger charge is 2.03. The molecule has 0 radical (unpaired) electrons. The zero-order valence-electron chi connectivity index (χ0n) is 13.2. The van der Waals surface area contributed by atoms with Gasteiger partial charge in [-0.1, -0.05) is 6.07 Å². The van der Waals surface area contributed by atoms with Gasteiger partial charge < -0.3 is 13.9 Å². The highest BCUT2D eigenvalue weighted by molar-refractivity contribution is 5.53. The van der Waals surface area contributed by atoms with Crippen LogP contribution >= 0.6 is 0 Å². The summed E-state index contributed by atoms with van der Waals surface area (Å²) in [5.41, 5.74) is 3.25. The van der Waals surface area contributed by atoms with Crippen molar-refractivity contribution in [2.45, 2.75) is 13.8 Å². The Hall–Kier alpha value is -2.82. The Balaban J connectivity index is 1.49. The SMILES string of the molecule is Cc1cc(C)cc(OCCOc2ccc(-c3nnco3)cc2)c1. The van der Waals surface area contributed by atoms with E-state index in [-0.39, 0.29) is 0 Å². The molecule has 0 N–H and O–H groups in total. The van der Waals surface area contributed by atoms with E-state index in [0.29, 0.717) is 19.1 Å². The van der Waals surface area contributed by atoms with E-state index in [0.717, 1.165) is 17.1 Å². The largest absolute Gasteiger partial charge is 0.490 e. The highest BCUT2D eigenvalue weighted by atomic mass is 16.5. The molecule has 5 nitrogen and oxygen atoms in total. The highest BCUT2D eigenvalue weighted by Crippen LogP contribution is 2.20. The van der Waals surface area contributed by atoms with E-state index in [2.05, 4.69) is 30.1 Å². The molecule has 0 saturated heterocycles. The second-order valence-electron chi connectivity index (χ2n) is 5.29. The van der Waals surface area contributed by atoms with Crippen molar-refractivity contribution in [1.29, 1.82) is 0 Å². The van der Waals surface area contributed by atoms with Gasteiger partial charge in [-0.3, -0.25) is 0 Å². The molecule has 0 aliphatic carbocycles. The van der Waals surface area contributed by atoms with Crippen LogP contribution in [-0.2, 0) is 0 Å². The molecule has 5 heteroatoms. The molecular weight excluding hydrogens is 292 g/mol. The lowest BCUT2D eigenvalue weighted by atomic mass is 10.1. The molecule has 23 heavy (non-hydrogen) atoms. The Morgan fingerprint density at radius 1 is 0.870 bits per heavy atom. The Kier molecular flexibility index (Phi) is 4.57. The van der Waals surface area contributed by atoms with Gasteiger partial charge in [0.2, 0.25) is 12.3 Å². The number of rotatable bonds is 6. The fourth-order valence-electron chi connectivity index (χ4n) is 2.33. The number of nitrogens with zero attached hydrogens (tertiary/aromatic N) is 2. The van der Waals surface area contributed by atoms with Gasteiger partial charge in [-0.25, -0.2) is 0 Å². The first-order valence-corrected chi connectivity index (χ1v) is 7.41. The average Bonchev–Trinajstić information content (AvgIpc) is 3.06. The van der Waals surface area contributed by atoms with Gasteiger partial charge in [0.25, 0.3) is 0 Å². The molecule has 3 rings (SSSR count). The van der Waals surface area contributed by atoms with Crippen molar-refractivity contribution < 1.29 is 13.9 Å². The van der Waals surface area contributed by atoms with Crippen molar-refractivity contribution in [3.8, 4) is 23.0 Å². The molecule has 0 atom stereocenters. The van der Waals surface area contributed by atoms with E-state index in [1.54, 1.807) is 0 Å². The normalized spacial score (nSPS) is 10.5. The van der Waals surface area contributed by atoms with E-state index in [9.17, 15) is 0 Å². The maximum Gasteiger partial charge on any atom is 0.247 e. The van der Waals surface area contributed by atoms with Gasteiger partial charge in [-0.2, -0.15) is 0 Å². The minimum Gasteiger partial charge on any atom is -0.490 e. The first-order chi connectivity index (χ1) is 11.2. The van der Waals surface area contributed by atoms with Gasteiger partial charge >= 0.3 is 0 Å². The standard InChI is InChI=1S/C18H18N2O3/c1-13-9-14(2)11-17(10-13)22-8-7-21-16-5-3-15(4-6-16)18-20-19-12-23-18/h3-6,9-12H,7-8H2,1-2H3. The Morgan fingerprint density at radius 2 is 1.52 bits per heavy atom. The van der Waals surface area contributed by atoms with Gasteiger partial charge in [0.15, 0.2) is 0 Å². The van der Waals surface area contributed by atoms with Crippen LogP contribution in [0.1, 0.15) is 11.1 Å². The maximum atomic E-state index is 5.71. The number of aryl methyl sites for hydroxylation is 2. The summed E-state index contributed by atoms with van der Waals surface area (Å²) in [4.78, 5) is 0. The van der Waals surface area contributed by atoms with Gasteiger partial charge in [0.05, 0.1) is 0 Å². The molecule has 0 unspecified atom stereocenters. The third-order valence-corrected chi connectivity index (χ3v) is 3.28. The number of aromatic nitrogens is 2. The van der Waals surface area contributed by atoms with Gasteiger partial charge in [-0.15, -0.1) is 10.2 Å². The van der Waals surface area contributed by atoms with E-state index >= 15 is 0 Å². The summed E-state index contributed by atoms with van der Waals surface area (Å²) < 4.78 is 16.5. The third kappa shape index (κ3) is 4.10. The fraction of sp³-hybridized carbons (Fsp3) is 0.222. The van der Waals surface area contributed by atoms with Crippen LogP contribution in [0.25, 0.3) is 11.5 Å². The van der Waals surface area contributed by atoms with Crippen molar-refractivity contribution >= 4 is 0 Å². The summed E-state index contributed by atoms with van der Waals surface area (Å²) >= 11 is 0. The van der Waals surface area contributed by atoms with E-state index in [1.807, 2.05) is 36.4 Å². The van der Waals surface area contributed by atoms with Gasteiger partial charge in [0, 0.05) is 5.56 Å². The van der Waals surface area contributed by atoms with Crippen molar-refractivity contribution in [3.05, 3.63) is 60.0 Å². The van der Waals surface area contributed by atoms with E-state index in [1.165, 1.54) is 17.5 Å². The lowest BCUT2D eigenvalue weighted by molar-refractivity contribution is 0.217. The summed E-state index contributed by atoms with van der Waals surface area (Å²) in [7, 11) is 0. The van der Waals surface area contributed by atoms with Crippen LogP contribution in [0.5, 0.6) is 11.5 Å². The number of benzene rings is 2. The lowest BCUT2D eigenvalue weighted by Crippen LogP contribution is -2.09. The van der Waals surface area contributed by atoms with Crippen LogP contribution in [0, 0.1) is 13.8 Å². The topological polar surface area (TPSA) is 57.4 Å². The minimum atomic E-state index is 0.479. The van der Waals surface area contributed by atoms with Gasteiger partial charge in [0.1, 0.15) is 24.7 Å². The Bertz CT molecular complexity index is 732. The molecule has 1 aromatic heterocycles. The molecule has 0 amide bonds. The number of ether oxygens (including phenoxy) is 2. The predicted octanol–water partition coefficient (Wildman–Crippen LogP) is 3.81. The van der Waals surface area contributed by atoms with Crippen molar-refractivity contribution in [3.63, 3.8) is 0 Å². The summed E-state index contributed by atoms with van der Waals surface area (Å²) in [5, 5.41) is 7.52. The summed E-state index contributed by atoms with van der Waals surface area (Å²) in [6.07, 6.45) is 1.31. The first kappa shape index (κ1) is 15.1. The zero-order valence-corrected chi connectivity index (χ0v) is 13.2. The first-order valence-electron chi connectivity index (χ1n) is 7.41. The molecule has 1 heterocycles. The number of hydrogen-bond acceptors (Lipinski definition) is 5. The molecule has 0 spiro atoms. The molecule has 0 aliphatic heterocycles. The smallest absolute Gasteiger partial charge is 0.247 e. The predicted molar refractivity (Wildman–Crippen MR) is 86.6 cm³/mol. The van der Waals surface area contributed by atoms with Crippen LogP contribution in [-0.4, -0.2) is 23.4 Å². The van der Waals surface area contributed by atoms with Crippen molar-refractivity contribution in [1.82, 2.24) is 10.2 Å². The van der Waals surface area contributed by atoms with Crippen molar-refractivity contribution in [2.75, 3.05) is 13.2 Å². The molecule has 0 aliphatic rings. The zero-order chi connectivity index (χ0) is 16.1. The molecule has 3 aromatic rings. The molecule has 0 bridgehead atoms. The molecule has 0 saturated carbocycles. The minimum absolute atomic E-state index is 0.479. The second-order valence-corrected chi connectivity index (χ2v) is 5.29. The molecule has 118 valence electrons. The summed E-state index contributed by atoms with van der Waals surface area (Å²) in [6, 6.07) is 13.7. The van der Waals surface area contributed by atoms with Crippen LogP contribution < -0.4 is 9.47 Å². The van der Waals surface area contributed by atoms with E-state index in [4.69, 9.17) is 13.9 Å². The molecular formula is C18H18N2O3. The van der Waals surface area contributed by atoms with Crippen LogP contribution in [0.4, 0.5) is 0 Å². The van der Waals surface area contributed by atoms with Crippen molar-refractivity contribution in [2.24, 2.45) is 0 Å². The van der Waals surface area contributed by atoms with Crippen LogP contribution in [0.2, 0.25) is 0 Å². The average molecular weight is 310 g/mol. The second kappa shape index (κ2) is 6.96. The lowest BCUT2D eigenvalue weighted by Gasteiger charge is -2.10. The van der Waals surface area contributed by atoms with Crippen LogP contribution in [0.3, 0.4) is 0 Å². The molecule has 2 aromatic carbocycles. The molecule has 0 fully saturated rings. The van der Waals surface area contributed by atoms with E-state index < -0.39 is 0 Å². The van der Waals surface area contributed by atoms with Crippen LogP contribution in [0.15, 0.2) is 53.3 Å². The monoisotopic (exact) mass is 310 g/mol. The maximum absolute atomic E-state index is 5.71. The quantitative estimate of drug-likeness (QED) is 0.648. The third-order valence-electron chi connectivity index (χ3n) is 3.28. The number of hydrogen-bond donors (Lipinski definition) is 0. The summed E-state index contributed by atoms with van der Waals surface area (Å²) in [5.74, 6) is 2.14. The Morgan fingerprint density at radius 3 is 2.13 bits per heavy atom. The van der Waals surface area contributed by atoms with Gasteiger partial charge in [-0.05, 0) is 61.4 Å². The Labute approximate surface area is 134 Å². The fourth-order valence-corrected chi connectivity index (χ4v) is 2.33.